The van der Waals surface area contributed by atoms with Crippen LogP contribution < -0.4 is 23.8 Å². The first-order valence-corrected chi connectivity index (χ1v) is 5.04. The van der Waals surface area contributed by atoms with Crippen molar-refractivity contribution in [2.75, 3.05) is 13.1 Å². The average molecular weight is 394 g/mol. The van der Waals surface area contributed by atoms with E-state index in [0.717, 1.165) is 0 Å². The quantitative estimate of drug-likeness (QED) is 0.496. The van der Waals surface area contributed by atoms with Crippen LogP contribution in [0.15, 0.2) is 0 Å². The van der Waals surface area contributed by atoms with Gasteiger partial charge in [0.1, 0.15) is 0 Å². The van der Waals surface area contributed by atoms with E-state index in [1.54, 1.807) is 0 Å². The van der Waals surface area contributed by atoms with Gasteiger partial charge in [-0.1, -0.05) is 0 Å². The lowest BCUT2D eigenvalue weighted by Gasteiger charge is -2.40. The summed E-state index contributed by atoms with van der Waals surface area (Å²) in [6.45, 7) is -5.27. The molecule has 0 unspecified atom stereocenters. The van der Waals surface area contributed by atoms with Crippen LogP contribution >= 0.6 is 0 Å². The van der Waals surface area contributed by atoms with Gasteiger partial charge in [0.05, 0.1) is 13.1 Å². The lowest BCUT2D eigenvalue weighted by atomic mass is 9.91. The Hall–Kier alpha value is -1.00. The van der Waals surface area contributed by atoms with Crippen LogP contribution in [0.4, 0.5) is 52.7 Å². The number of rotatable bonds is 7. The van der Waals surface area contributed by atoms with Crippen molar-refractivity contribution in [2.24, 2.45) is 11.5 Å². The van der Waals surface area contributed by atoms with Crippen LogP contribution in [0.1, 0.15) is 0 Å². The third kappa shape index (κ3) is 3.36. The average Bonchev–Trinajstić information content (AvgIpc) is 2.37. The van der Waals surface area contributed by atoms with Crippen molar-refractivity contribution in [1.29, 1.82) is 0 Å². The molecule has 0 atom stereocenters. The molecule has 0 rings (SSSR count). The van der Waals surface area contributed by atoms with Gasteiger partial charge in [-0.25, -0.2) is 0 Å². The minimum Gasteiger partial charge on any atom is -0.344 e. The van der Waals surface area contributed by atoms with Gasteiger partial charge in [0, 0.05) is 0 Å². The summed E-state index contributed by atoms with van der Waals surface area (Å²) in [6, 6.07) is 0. The van der Waals surface area contributed by atoms with Crippen molar-refractivity contribution >= 4 is 0 Å². The SMILES string of the molecule is N.N.NCC(F)(F)C(F)(F)C(F)(F)C(F)(F)C(F)(F)C(F)(F)CN. The highest BCUT2D eigenvalue weighted by molar-refractivity contribution is 5.11. The smallest absolute Gasteiger partial charge is 0.344 e. The van der Waals surface area contributed by atoms with Crippen molar-refractivity contribution < 1.29 is 52.7 Å². The molecule has 0 aliphatic carbocycles. The summed E-state index contributed by atoms with van der Waals surface area (Å²) in [4.78, 5) is 0. The van der Waals surface area contributed by atoms with Crippen molar-refractivity contribution in [1.82, 2.24) is 12.3 Å². The molecule has 0 aromatic carbocycles. The van der Waals surface area contributed by atoms with Crippen LogP contribution in [-0.2, 0) is 0 Å². The summed E-state index contributed by atoms with van der Waals surface area (Å²) in [6.07, 6.45) is 0. The normalized spacial score (nSPS) is 14.8. The van der Waals surface area contributed by atoms with Crippen LogP contribution in [0.2, 0.25) is 0 Å². The Morgan fingerprint density at radius 1 is 0.417 bits per heavy atom. The molecule has 16 heteroatoms. The standard InChI is InChI=1S/C8H8F12N2.2H3N/c9-3(10,1-21)5(13,14)7(17,18)8(19,20)6(15,16)4(11,12)2-22;;/h1-2,21-22H2;2*1H3. The van der Waals surface area contributed by atoms with E-state index in [-0.39, 0.29) is 12.3 Å². The van der Waals surface area contributed by atoms with E-state index in [9.17, 15) is 52.7 Å². The highest BCUT2D eigenvalue weighted by Gasteiger charge is 2.89. The van der Waals surface area contributed by atoms with E-state index in [2.05, 4.69) is 11.5 Å². The monoisotopic (exact) mass is 394 g/mol. The minimum absolute atomic E-state index is 0. The molecule has 0 saturated carbocycles. The third-order valence-corrected chi connectivity index (χ3v) is 2.61. The predicted molar refractivity (Wildman–Crippen MR) is 57.8 cm³/mol. The van der Waals surface area contributed by atoms with Crippen LogP contribution in [-0.4, -0.2) is 48.6 Å². The molecule has 0 aliphatic heterocycles. The number of nitrogens with two attached hydrogens (primary N) is 2. The summed E-state index contributed by atoms with van der Waals surface area (Å²) in [7, 11) is 0. The van der Waals surface area contributed by atoms with Crippen molar-refractivity contribution in [3.05, 3.63) is 0 Å². The van der Waals surface area contributed by atoms with Crippen LogP contribution in [0.3, 0.4) is 0 Å². The van der Waals surface area contributed by atoms with Gasteiger partial charge in [-0.05, 0) is 0 Å². The lowest BCUT2D eigenvalue weighted by Crippen LogP contribution is -2.72. The molecule has 0 aliphatic rings. The molecule has 0 radical (unpaired) electrons. The number of halogens is 12. The van der Waals surface area contributed by atoms with Gasteiger partial charge < -0.3 is 23.8 Å². The van der Waals surface area contributed by atoms with Crippen molar-refractivity contribution in [3.63, 3.8) is 0 Å². The fraction of sp³-hybridized carbons (Fsp3) is 1.00. The molecule has 0 heterocycles. The van der Waals surface area contributed by atoms with E-state index in [4.69, 9.17) is 0 Å². The molecular formula is C8H14F12N4. The Morgan fingerprint density at radius 3 is 0.708 bits per heavy atom. The van der Waals surface area contributed by atoms with Gasteiger partial charge in [-0.2, -0.15) is 52.7 Å². The maximum atomic E-state index is 12.9. The molecule has 0 fully saturated rings. The zero-order valence-electron chi connectivity index (χ0n) is 11.5. The Balaban J connectivity index is -0.00000220. The molecule has 0 spiro atoms. The second-order valence-electron chi connectivity index (χ2n) is 4.11. The first-order valence-electron chi connectivity index (χ1n) is 5.04. The highest BCUT2D eigenvalue weighted by Crippen LogP contribution is 2.59. The first kappa shape index (κ1) is 27.8. The topological polar surface area (TPSA) is 122 Å². The zero-order chi connectivity index (χ0) is 18.4. The fourth-order valence-corrected chi connectivity index (χ4v) is 1.11. The summed E-state index contributed by atoms with van der Waals surface area (Å²) in [5.74, 6) is -41.6. The maximum Gasteiger partial charge on any atom is 0.384 e. The van der Waals surface area contributed by atoms with E-state index in [0.29, 0.717) is 0 Å². The van der Waals surface area contributed by atoms with Crippen LogP contribution in [0, 0.1) is 0 Å². The first-order chi connectivity index (χ1) is 9.37. The van der Waals surface area contributed by atoms with Gasteiger partial charge in [0.15, 0.2) is 0 Å². The third-order valence-electron chi connectivity index (χ3n) is 2.61. The number of alkyl halides is 12. The van der Waals surface area contributed by atoms with Crippen LogP contribution in [0.25, 0.3) is 0 Å². The van der Waals surface area contributed by atoms with Crippen molar-refractivity contribution in [2.45, 2.75) is 35.5 Å². The maximum absolute atomic E-state index is 12.9. The zero-order valence-corrected chi connectivity index (χ0v) is 11.5. The molecule has 0 saturated heterocycles. The van der Waals surface area contributed by atoms with Gasteiger partial charge in [-0.15, -0.1) is 0 Å². The van der Waals surface area contributed by atoms with Gasteiger partial charge in [0.25, 0.3) is 0 Å². The molecule has 0 amide bonds. The Labute approximate surface area is 126 Å². The summed E-state index contributed by atoms with van der Waals surface area (Å²) >= 11 is 0. The van der Waals surface area contributed by atoms with E-state index < -0.39 is 48.6 Å². The number of hydrogen-bond donors (Lipinski definition) is 4. The van der Waals surface area contributed by atoms with Gasteiger partial charge in [0.2, 0.25) is 0 Å². The van der Waals surface area contributed by atoms with Crippen molar-refractivity contribution in [3.8, 4) is 0 Å². The predicted octanol–water partition coefficient (Wildman–Crippen LogP) is 3.04. The Morgan fingerprint density at radius 2 is 0.583 bits per heavy atom. The highest BCUT2D eigenvalue weighted by atomic mass is 19.4. The fourth-order valence-electron chi connectivity index (χ4n) is 1.11. The summed E-state index contributed by atoms with van der Waals surface area (Å²) in [5.41, 5.74) is 7.98. The van der Waals surface area contributed by atoms with Gasteiger partial charge >= 0.3 is 35.5 Å². The number of hydrogen-bond acceptors (Lipinski definition) is 4. The molecule has 150 valence electrons. The van der Waals surface area contributed by atoms with Gasteiger partial charge in [-0.3, -0.25) is 0 Å². The molecule has 0 bridgehead atoms. The summed E-state index contributed by atoms with van der Waals surface area (Å²) < 4.78 is 153. The second-order valence-corrected chi connectivity index (χ2v) is 4.11. The molecular weight excluding hydrogens is 380 g/mol. The Kier molecular flexibility index (Phi) is 8.22. The molecule has 0 aromatic rings. The largest absolute Gasteiger partial charge is 0.384 e. The summed E-state index contributed by atoms with van der Waals surface area (Å²) in [5, 5.41) is 0. The van der Waals surface area contributed by atoms with E-state index >= 15 is 0 Å². The Bertz CT molecular complexity index is 372. The second kappa shape index (κ2) is 7.09. The van der Waals surface area contributed by atoms with E-state index in [1.807, 2.05) is 0 Å². The lowest BCUT2D eigenvalue weighted by molar-refractivity contribution is -0.422. The molecule has 4 nitrogen and oxygen atoms in total. The molecule has 0 aromatic heterocycles. The van der Waals surface area contributed by atoms with Crippen LogP contribution in [0.5, 0.6) is 0 Å². The minimum atomic E-state index is -7.56. The molecule has 24 heavy (non-hydrogen) atoms. The molecule has 10 N–H and O–H groups in total. The van der Waals surface area contributed by atoms with E-state index in [1.165, 1.54) is 0 Å².